The van der Waals surface area contributed by atoms with E-state index in [2.05, 4.69) is 79.7 Å². The van der Waals surface area contributed by atoms with E-state index in [0.717, 1.165) is 16.8 Å². The number of hydrogen-bond donors (Lipinski definition) is 0. The summed E-state index contributed by atoms with van der Waals surface area (Å²) in [5, 5.41) is 3.73. The van der Waals surface area contributed by atoms with Gasteiger partial charge >= 0.3 is 0 Å². The largest absolute Gasteiger partial charge is 0.248 e. The second-order valence-corrected chi connectivity index (χ2v) is 5.42. The molecule has 1 aromatic heterocycles. The SMILES string of the molecule is Cc1ccc(-c2ccc3c(ccc4ccccc43)n2)cc1. The lowest BCUT2D eigenvalue weighted by Gasteiger charge is -2.06. The van der Waals surface area contributed by atoms with Crippen LogP contribution in [0.25, 0.3) is 32.9 Å². The summed E-state index contributed by atoms with van der Waals surface area (Å²) in [6, 6.07) is 25.5. The third-order valence-electron chi connectivity index (χ3n) is 3.94. The van der Waals surface area contributed by atoms with Crippen LogP contribution in [0.1, 0.15) is 5.56 Å². The van der Waals surface area contributed by atoms with E-state index in [1.165, 1.54) is 21.7 Å². The Bertz CT molecular complexity index is 937. The molecule has 0 fully saturated rings. The van der Waals surface area contributed by atoms with Crippen molar-refractivity contribution in [1.29, 1.82) is 0 Å². The molecular weight excluding hydrogens is 254 g/mol. The van der Waals surface area contributed by atoms with Crippen LogP contribution in [0.15, 0.2) is 72.8 Å². The Labute approximate surface area is 123 Å². The summed E-state index contributed by atoms with van der Waals surface area (Å²) in [4.78, 5) is 4.83. The maximum atomic E-state index is 4.83. The van der Waals surface area contributed by atoms with Gasteiger partial charge in [0.25, 0.3) is 0 Å². The molecule has 0 aliphatic carbocycles. The predicted molar refractivity (Wildman–Crippen MR) is 89.4 cm³/mol. The Morgan fingerprint density at radius 2 is 1.48 bits per heavy atom. The Kier molecular flexibility index (Phi) is 2.71. The highest BCUT2D eigenvalue weighted by atomic mass is 14.7. The van der Waals surface area contributed by atoms with Gasteiger partial charge in [-0.15, -0.1) is 0 Å². The van der Waals surface area contributed by atoms with E-state index in [-0.39, 0.29) is 0 Å². The van der Waals surface area contributed by atoms with Gasteiger partial charge in [-0.25, -0.2) is 4.98 Å². The number of rotatable bonds is 1. The molecule has 4 aromatic rings. The molecule has 0 spiro atoms. The molecule has 0 atom stereocenters. The quantitative estimate of drug-likeness (QED) is 0.424. The maximum Gasteiger partial charge on any atom is 0.0715 e. The van der Waals surface area contributed by atoms with Crippen LogP contribution in [0.3, 0.4) is 0 Å². The summed E-state index contributed by atoms with van der Waals surface area (Å²) in [6.45, 7) is 2.10. The van der Waals surface area contributed by atoms with Crippen LogP contribution in [0.2, 0.25) is 0 Å². The van der Waals surface area contributed by atoms with Crippen molar-refractivity contribution in [1.82, 2.24) is 4.98 Å². The van der Waals surface area contributed by atoms with Crippen LogP contribution in [0, 0.1) is 6.92 Å². The lowest BCUT2D eigenvalue weighted by molar-refractivity contribution is 1.39. The highest BCUT2D eigenvalue weighted by molar-refractivity contribution is 6.06. The zero-order valence-electron chi connectivity index (χ0n) is 11.9. The Hall–Kier alpha value is -2.67. The number of benzene rings is 3. The first-order valence-corrected chi connectivity index (χ1v) is 7.17. The first-order valence-electron chi connectivity index (χ1n) is 7.17. The van der Waals surface area contributed by atoms with Crippen molar-refractivity contribution in [2.24, 2.45) is 0 Å². The first-order chi connectivity index (χ1) is 10.3. The molecule has 0 N–H and O–H groups in total. The van der Waals surface area contributed by atoms with Crippen molar-refractivity contribution in [2.45, 2.75) is 6.92 Å². The van der Waals surface area contributed by atoms with Crippen LogP contribution >= 0.6 is 0 Å². The fourth-order valence-electron chi connectivity index (χ4n) is 2.77. The molecular formula is C20H15N. The summed E-state index contributed by atoms with van der Waals surface area (Å²) in [5.74, 6) is 0. The molecule has 4 rings (SSSR count). The van der Waals surface area contributed by atoms with Gasteiger partial charge in [-0.2, -0.15) is 0 Å². The van der Waals surface area contributed by atoms with Crippen molar-refractivity contribution in [3.63, 3.8) is 0 Å². The number of fused-ring (bicyclic) bond motifs is 3. The van der Waals surface area contributed by atoms with Crippen molar-refractivity contribution in [3.8, 4) is 11.3 Å². The monoisotopic (exact) mass is 269 g/mol. The Balaban J connectivity index is 1.94. The number of pyridine rings is 1. The van der Waals surface area contributed by atoms with Gasteiger partial charge in [0.1, 0.15) is 0 Å². The minimum Gasteiger partial charge on any atom is -0.248 e. The molecule has 0 bridgehead atoms. The molecule has 0 aliphatic heterocycles. The highest BCUT2D eigenvalue weighted by Gasteiger charge is 2.04. The Morgan fingerprint density at radius 3 is 2.33 bits per heavy atom. The van der Waals surface area contributed by atoms with E-state index in [1.54, 1.807) is 0 Å². The van der Waals surface area contributed by atoms with Gasteiger partial charge in [0, 0.05) is 10.9 Å². The van der Waals surface area contributed by atoms with Gasteiger partial charge in [-0.3, -0.25) is 0 Å². The van der Waals surface area contributed by atoms with Crippen LogP contribution in [0.4, 0.5) is 0 Å². The van der Waals surface area contributed by atoms with E-state index >= 15 is 0 Å². The third kappa shape index (κ3) is 2.07. The fourth-order valence-corrected chi connectivity index (χ4v) is 2.77. The van der Waals surface area contributed by atoms with E-state index in [0.29, 0.717) is 0 Å². The van der Waals surface area contributed by atoms with Crippen molar-refractivity contribution < 1.29 is 0 Å². The molecule has 0 unspecified atom stereocenters. The first kappa shape index (κ1) is 12.1. The minimum atomic E-state index is 1.03. The van der Waals surface area contributed by atoms with Gasteiger partial charge in [0.2, 0.25) is 0 Å². The summed E-state index contributed by atoms with van der Waals surface area (Å²) in [7, 11) is 0. The lowest BCUT2D eigenvalue weighted by Crippen LogP contribution is -1.86. The molecule has 1 nitrogen and oxygen atoms in total. The average Bonchev–Trinajstić information content (AvgIpc) is 2.55. The van der Waals surface area contributed by atoms with Gasteiger partial charge in [0.15, 0.2) is 0 Å². The molecule has 3 aromatic carbocycles. The maximum absolute atomic E-state index is 4.83. The standard InChI is InChI=1S/C20H15N/c1-14-6-8-16(9-7-14)19-13-11-18-17-5-3-2-4-15(17)10-12-20(18)21-19/h2-13H,1H3. The molecule has 21 heavy (non-hydrogen) atoms. The van der Waals surface area contributed by atoms with E-state index in [1.807, 2.05) is 0 Å². The zero-order valence-corrected chi connectivity index (χ0v) is 11.9. The highest BCUT2D eigenvalue weighted by Crippen LogP contribution is 2.27. The van der Waals surface area contributed by atoms with Crippen LogP contribution < -0.4 is 0 Å². The number of aryl methyl sites for hydroxylation is 1. The van der Waals surface area contributed by atoms with E-state index in [4.69, 9.17) is 4.98 Å². The number of aromatic nitrogens is 1. The summed E-state index contributed by atoms with van der Waals surface area (Å²) >= 11 is 0. The van der Waals surface area contributed by atoms with Gasteiger partial charge < -0.3 is 0 Å². The average molecular weight is 269 g/mol. The number of nitrogens with zero attached hydrogens (tertiary/aromatic N) is 1. The van der Waals surface area contributed by atoms with Crippen molar-refractivity contribution in [2.75, 3.05) is 0 Å². The third-order valence-corrected chi connectivity index (χ3v) is 3.94. The van der Waals surface area contributed by atoms with Crippen LogP contribution in [0.5, 0.6) is 0 Å². The van der Waals surface area contributed by atoms with Gasteiger partial charge in [-0.1, -0.05) is 66.2 Å². The van der Waals surface area contributed by atoms with E-state index in [9.17, 15) is 0 Å². The summed E-state index contributed by atoms with van der Waals surface area (Å²) in [5.41, 5.74) is 4.51. The van der Waals surface area contributed by atoms with Gasteiger partial charge in [-0.05, 0) is 29.8 Å². The molecule has 1 heterocycles. The van der Waals surface area contributed by atoms with Crippen LogP contribution in [-0.2, 0) is 0 Å². The second-order valence-electron chi connectivity index (χ2n) is 5.42. The minimum absolute atomic E-state index is 1.03. The Morgan fingerprint density at radius 1 is 0.667 bits per heavy atom. The number of hydrogen-bond acceptors (Lipinski definition) is 1. The molecule has 0 saturated carbocycles. The van der Waals surface area contributed by atoms with Crippen LogP contribution in [-0.4, -0.2) is 4.98 Å². The zero-order chi connectivity index (χ0) is 14.2. The molecule has 100 valence electrons. The smallest absolute Gasteiger partial charge is 0.0715 e. The molecule has 0 aliphatic rings. The topological polar surface area (TPSA) is 12.9 Å². The summed E-state index contributed by atoms with van der Waals surface area (Å²) in [6.07, 6.45) is 0. The van der Waals surface area contributed by atoms with Gasteiger partial charge in [0.05, 0.1) is 11.2 Å². The lowest BCUT2D eigenvalue weighted by atomic mass is 10.0. The molecule has 0 saturated heterocycles. The van der Waals surface area contributed by atoms with Crippen molar-refractivity contribution >= 4 is 21.7 Å². The summed E-state index contributed by atoms with van der Waals surface area (Å²) < 4.78 is 0. The molecule has 1 heteroatoms. The second kappa shape index (κ2) is 4.71. The van der Waals surface area contributed by atoms with E-state index < -0.39 is 0 Å². The fraction of sp³-hybridized carbons (Fsp3) is 0.0500. The molecule has 0 amide bonds. The molecule has 0 radical (unpaired) electrons. The predicted octanol–water partition coefficient (Wildman–Crippen LogP) is 5.36. The van der Waals surface area contributed by atoms with Crippen molar-refractivity contribution in [3.05, 3.63) is 78.4 Å². The normalized spacial score (nSPS) is 11.1.